The van der Waals surface area contributed by atoms with Crippen LogP contribution in [0.3, 0.4) is 0 Å². The Morgan fingerprint density at radius 2 is 2.12 bits per heavy atom. The molecular formula is C12H19NO2S. The molecule has 1 atom stereocenters. The summed E-state index contributed by atoms with van der Waals surface area (Å²) in [5, 5.41) is 0. The van der Waals surface area contributed by atoms with Gasteiger partial charge in [-0.2, -0.15) is 0 Å². The van der Waals surface area contributed by atoms with E-state index in [2.05, 4.69) is 31.6 Å². The fourth-order valence-corrected chi connectivity index (χ4v) is 2.39. The van der Waals surface area contributed by atoms with E-state index < -0.39 is 0 Å². The van der Waals surface area contributed by atoms with E-state index in [1.54, 1.807) is 11.3 Å². The number of esters is 1. The summed E-state index contributed by atoms with van der Waals surface area (Å²) in [6.07, 6.45) is 0.237. The van der Waals surface area contributed by atoms with Gasteiger partial charge in [-0.05, 0) is 17.5 Å². The Morgan fingerprint density at radius 1 is 1.50 bits per heavy atom. The SMILES string of the molecule is COC(=O)C[C@@H](N)c1ccc(C(C)(C)C)s1. The first-order chi connectivity index (χ1) is 7.34. The highest BCUT2D eigenvalue weighted by Crippen LogP contribution is 2.32. The minimum Gasteiger partial charge on any atom is -0.469 e. The van der Waals surface area contributed by atoms with Crippen LogP contribution in [-0.4, -0.2) is 13.1 Å². The number of thiophene rings is 1. The number of carbonyl (C=O) groups excluding carboxylic acids is 1. The molecule has 0 amide bonds. The Morgan fingerprint density at radius 3 is 2.56 bits per heavy atom. The first kappa shape index (κ1) is 13.2. The third-order valence-corrected chi connectivity index (χ3v) is 3.99. The van der Waals surface area contributed by atoms with Gasteiger partial charge in [-0.3, -0.25) is 4.79 Å². The van der Waals surface area contributed by atoms with E-state index in [0.717, 1.165) is 4.88 Å². The van der Waals surface area contributed by atoms with E-state index in [1.165, 1.54) is 12.0 Å². The van der Waals surface area contributed by atoms with Crippen LogP contribution in [0.1, 0.15) is 43.0 Å². The Bertz CT molecular complexity index is 365. The van der Waals surface area contributed by atoms with Gasteiger partial charge in [0.25, 0.3) is 0 Å². The quantitative estimate of drug-likeness (QED) is 0.828. The predicted octanol–water partition coefficient (Wildman–Crippen LogP) is 2.61. The number of hydrogen-bond donors (Lipinski definition) is 1. The van der Waals surface area contributed by atoms with Crippen molar-refractivity contribution in [1.29, 1.82) is 0 Å². The van der Waals surface area contributed by atoms with Crippen LogP contribution in [0.4, 0.5) is 0 Å². The molecule has 0 bridgehead atoms. The van der Waals surface area contributed by atoms with Crippen LogP contribution in [0.15, 0.2) is 12.1 Å². The summed E-state index contributed by atoms with van der Waals surface area (Å²) in [4.78, 5) is 13.4. The average molecular weight is 241 g/mol. The molecule has 1 rings (SSSR count). The maximum absolute atomic E-state index is 11.1. The molecule has 0 fully saturated rings. The second kappa shape index (κ2) is 4.97. The van der Waals surface area contributed by atoms with Crippen LogP contribution in [-0.2, 0) is 14.9 Å². The lowest BCUT2D eigenvalue weighted by molar-refractivity contribution is -0.141. The van der Waals surface area contributed by atoms with Gasteiger partial charge in [0.15, 0.2) is 0 Å². The maximum atomic E-state index is 11.1. The molecule has 0 aliphatic carbocycles. The van der Waals surface area contributed by atoms with Gasteiger partial charge in [0.2, 0.25) is 0 Å². The van der Waals surface area contributed by atoms with Crippen molar-refractivity contribution < 1.29 is 9.53 Å². The predicted molar refractivity (Wildman–Crippen MR) is 66.6 cm³/mol. The molecule has 0 saturated carbocycles. The average Bonchev–Trinajstić information content (AvgIpc) is 2.65. The number of nitrogens with two attached hydrogens (primary N) is 1. The third-order valence-electron chi connectivity index (χ3n) is 2.35. The van der Waals surface area contributed by atoms with Crippen molar-refractivity contribution >= 4 is 17.3 Å². The molecule has 4 heteroatoms. The Labute approximate surface area is 101 Å². The maximum Gasteiger partial charge on any atom is 0.307 e. The lowest BCUT2D eigenvalue weighted by Crippen LogP contribution is -2.15. The zero-order valence-corrected chi connectivity index (χ0v) is 11.1. The van der Waals surface area contributed by atoms with Crippen LogP contribution in [0.2, 0.25) is 0 Å². The highest BCUT2D eigenvalue weighted by molar-refractivity contribution is 7.12. The van der Waals surface area contributed by atoms with Gasteiger partial charge in [-0.15, -0.1) is 11.3 Å². The van der Waals surface area contributed by atoms with Crippen molar-refractivity contribution in [3.8, 4) is 0 Å². The largest absolute Gasteiger partial charge is 0.469 e. The molecule has 3 nitrogen and oxygen atoms in total. The fraction of sp³-hybridized carbons (Fsp3) is 0.583. The van der Waals surface area contributed by atoms with E-state index in [1.807, 2.05) is 6.07 Å². The number of ether oxygens (including phenoxy) is 1. The summed E-state index contributed by atoms with van der Waals surface area (Å²) in [6, 6.07) is 3.82. The molecule has 1 aromatic heterocycles. The van der Waals surface area contributed by atoms with Crippen molar-refractivity contribution in [2.75, 3.05) is 7.11 Å². The standard InChI is InChI=1S/C12H19NO2S/c1-12(2,3)10-6-5-9(16-10)8(13)7-11(14)15-4/h5-6,8H,7,13H2,1-4H3/t8-/m1/s1. The fourth-order valence-electron chi connectivity index (χ4n) is 1.32. The molecule has 0 unspecified atom stereocenters. The van der Waals surface area contributed by atoms with E-state index in [-0.39, 0.29) is 23.8 Å². The second-order valence-electron chi connectivity index (χ2n) is 4.84. The van der Waals surface area contributed by atoms with Crippen molar-refractivity contribution in [3.63, 3.8) is 0 Å². The van der Waals surface area contributed by atoms with Gasteiger partial charge >= 0.3 is 5.97 Å². The Hall–Kier alpha value is -0.870. The zero-order chi connectivity index (χ0) is 12.3. The van der Waals surface area contributed by atoms with E-state index >= 15 is 0 Å². The first-order valence-corrected chi connectivity index (χ1v) is 6.09. The molecule has 1 aromatic rings. The van der Waals surface area contributed by atoms with Crippen molar-refractivity contribution in [3.05, 3.63) is 21.9 Å². The van der Waals surface area contributed by atoms with Gasteiger partial charge in [0.1, 0.15) is 0 Å². The van der Waals surface area contributed by atoms with Gasteiger partial charge < -0.3 is 10.5 Å². The van der Waals surface area contributed by atoms with Gasteiger partial charge in [-0.1, -0.05) is 20.8 Å². The monoisotopic (exact) mass is 241 g/mol. The van der Waals surface area contributed by atoms with E-state index in [0.29, 0.717) is 0 Å². The summed E-state index contributed by atoms with van der Waals surface area (Å²) in [6.45, 7) is 6.48. The number of carbonyl (C=O) groups is 1. The molecular weight excluding hydrogens is 222 g/mol. The number of rotatable bonds is 3. The highest BCUT2D eigenvalue weighted by atomic mass is 32.1. The molecule has 0 radical (unpaired) electrons. The molecule has 0 saturated heterocycles. The molecule has 90 valence electrons. The minimum atomic E-state index is -0.266. The molecule has 1 heterocycles. The van der Waals surface area contributed by atoms with E-state index in [9.17, 15) is 4.79 Å². The second-order valence-corrected chi connectivity index (χ2v) is 5.95. The third kappa shape index (κ3) is 3.32. The minimum absolute atomic E-state index is 0.133. The normalized spacial score (nSPS) is 13.6. The summed E-state index contributed by atoms with van der Waals surface area (Å²) in [5.41, 5.74) is 6.07. The van der Waals surface area contributed by atoms with Gasteiger partial charge in [0.05, 0.1) is 13.5 Å². The summed E-state index contributed by atoms with van der Waals surface area (Å²) in [5.74, 6) is -0.266. The summed E-state index contributed by atoms with van der Waals surface area (Å²) >= 11 is 1.67. The smallest absolute Gasteiger partial charge is 0.307 e. The molecule has 0 aliphatic heterocycles. The van der Waals surface area contributed by atoms with Crippen LogP contribution >= 0.6 is 11.3 Å². The van der Waals surface area contributed by atoms with Crippen LogP contribution < -0.4 is 5.73 Å². The highest BCUT2D eigenvalue weighted by Gasteiger charge is 2.19. The lowest BCUT2D eigenvalue weighted by atomic mass is 9.95. The van der Waals surface area contributed by atoms with Gasteiger partial charge in [0, 0.05) is 15.8 Å². The van der Waals surface area contributed by atoms with E-state index in [4.69, 9.17) is 5.73 Å². The molecule has 0 spiro atoms. The van der Waals surface area contributed by atoms with Crippen LogP contribution in [0, 0.1) is 0 Å². The lowest BCUT2D eigenvalue weighted by Gasteiger charge is -2.15. The zero-order valence-electron chi connectivity index (χ0n) is 10.2. The number of hydrogen-bond acceptors (Lipinski definition) is 4. The first-order valence-electron chi connectivity index (χ1n) is 5.27. The Balaban J connectivity index is 2.74. The van der Waals surface area contributed by atoms with Crippen LogP contribution in [0.25, 0.3) is 0 Å². The molecule has 16 heavy (non-hydrogen) atoms. The number of methoxy groups -OCH3 is 1. The van der Waals surface area contributed by atoms with Crippen molar-refractivity contribution in [1.82, 2.24) is 0 Å². The van der Waals surface area contributed by atoms with Gasteiger partial charge in [-0.25, -0.2) is 0 Å². The van der Waals surface area contributed by atoms with Crippen molar-refractivity contribution in [2.45, 2.75) is 38.6 Å². The van der Waals surface area contributed by atoms with Crippen molar-refractivity contribution in [2.24, 2.45) is 5.73 Å². The van der Waals surface area contributed by atoms with Crippen LogP contribution in [0.5, 0.6) is 0 Å². The molecule has 0 aliphatic rings. The molecule has 0 aromatic carbocycles. The summed E-state index contributed by atoms with van der Waals surface area (Å²) in [7, 11) is 1.38. The molecule has 2 N–H and O–H groups in total. The topological polar surface area (TPSA) is 52.3 Å². The Kier molecular flexibility index (Phi) is 4.10. The summed E-state index contributed by atoms with van der Waals surface area (Å²) < 4.78 is 4.60.